The van der Waals surface area contributed by atoms with Gasteiger partial charge in [0.2, 0.25) is 0 Å². The highest BCUT2D eigenvalue weighted by atomic mass is 16.5. The minimum atomic E-state index is -0.0964. The van der Waals surface area contributed by atoms with Crippen molar-refractivity contribution < 1.29 is 19.0 Å². The third-order valence-electron chi connectivity index (χ3n) is 4.35. The highest BCUT2D eigenvalue weighted by Crippen LogP contribution is 2.17. The molecular formula is C20H32N2O4. The van der Waals surface area contributed by atoms with Crippen LogP contribution in [-0.2, 0) is 9.53 Å². The second kappa shape index (κ2) is 11.0. The Kier molecular flexibility index (Phi) is 8.71. The molecule has 6 nitrogen and oxygen atoms in total. The normalized spacial score (nSPS) is 16.3. The zero-order chi connectivity index (χ0) is 18.8. The first-order valence-corrected chi connectivity index (χ1v) is 9.52. The van der Waals surface area contributed by atoms with E-state index in [9.17, 15) is 4.79 Å². The average Bonchev–Trinajstić information content (AvgIpc) is 2.65. The quantitative estimate of drug-likeness (QED) is 0.690. The third-order valence-corrected chi connectivity index (χ3v) is 4.35. The van der Waals surface area contributed by atoms with E-state index >= 15 is 0 Å². The molecule has 146 valence electrons. The van der Waals surface area contributed by atoms with E-state index in [-0.39, 0.29) is 12.5 Å². The molecule has 1 aliphatic heterocycles. The van der Waals surface area contributed by atoms with Crippen LogP contribution in [-0.4, -0.2) is 62.9 Å². The topological polar surface area (TPSA) is 60.0 Å². The van der Waals surface area contributed by atoms with Gasteiger partial charge in [0, 0.05) is 25.7 Å². The van der Waals surface area contributed by atoms with E-state index in [0.29, 0.717) is 30.9 Å². The van der Waals surface area contributed by atoms with Crippen LogP contribution in [0.3, 0.4) is 0 Å². The molecule has 1 fully saturated rings. The molecule has 0 bridgehead atoms. The number of nitrogens with zero attached hydrogens (tertiary/aromatic N) is 1. The predicted octanol–water partition coefficient (Wildman–Crippen LogP) is 2.33. The van der Waals surface area contributed by atoms with Gasteiger partial charge in [-0.3, -0.25) is 9.69 Å². The van der Waals surface area contributed by atoms with Gasteiger partial charge in [0.15, 0.2) is 6.61 Å². The Morgan fingerprint density at radius 1 is 1.15 bits per heavy atom. The van der Waals surface area contributed by atoms with Crippen molar-refractivity contribution >= 4 is 5.91 Å². The molecule has 0 saturated carbocycles. The van der Waals surface area contributed by atoms with Gasteiger partial charge in [0.25, 0.3) is 5.91 Å². The van der Waals surface area contributed by atoms with E-state index in [1.807, 2.05) is 31.2 Å². The highest BCUT2D eigenvalue weighted by molar-refractivity contribution is 5.77. The lowest BCUT2D eigenvalue weighted by Crippen LogP contribution is -2.49. The molecule has 1 saturated heterocycles. The van der Waals surface area contributed by atoms with Crippen LogP contribution in [0.4, 0.5) is 0 Å². The zero-order valence-corrected chi connectivity index (χ0v) is 16.2. The molecule has 1 aliphatic rings. The summed E-state index contributed by atoms with van der Waals surface area (Å²) >= 11 is 0. The maximum absolute atomic E-state index is 12.2. The van der Waals surface area contributed by atoms with Crippen LogP contribution in [0.15, 0.2) is 24.3 Å². The van der Waals surface area contributed by atoms with Crippen molar-refractivity contribution in [3.63, 3.8) is 0 Å². The van der Waals surface area contributed by atoms with Crippen LogP contribution < -0.4 is 14.8 Å². The Hall–Kier alpha value is -1.79. The molecule has 0 aromatic heterocycles. The van der Waals surface area contributed by atoms with Crippen molar-refractivity contribution in [2.24, 2.45) is 5.92 Å². The number of hydrogen-bond donors (Lipinski definition) is 1. The number of rotatable bonds is 10. The summed E-state index contributed by atoms with van der Waals surface area (Å²) in [4.78, 5) is 14.6. The minimum Gasteiger partial charge on any atom is -0.494 e. The fourth-order valence-corrected chi connectivity index (χ4v) is 3.08. The molecule has 6 heteroatoms. The Balaban J connectivity index is 1.75. The van der Waals surface area contributed by atoms with Gasteiger partial charge in [-0.1, -0.05) is 13.8 Å². The van der Waals surface area contributed by atoms with Crippen LogP contribution >= 0.6 is 0 Å². The van der Waals surface area contributed by atoms with Gasteiger partial charge in [-0.15, -0.1) is 0 Å². The first kappa shape index (κ1) is 20.5. The van der Waals surface area contributed by atoms with Crippen LogP contribution in [0, 0.1) is 5.92 Å². The van der Waals surface area contributed by atoms with Crippen LogP contribution in [0.25, 0.3) is 0 Å². The van der Waals surface area contributed by atoms with Crippen molar-refractivity contribution in [1.29, 1.82) is 0 Å². The molecule has 1 unspecified atom stereocenters. The van der Waals surface area contributed by atoms with E-state index in [4.69, 9.17) is 14.2 Å². The number of ether oxygens (including phenoxy) is 3. The number of benzene rings is 1. The standard InChI is InChI=1S/C20H32N2O4/c1-4-25-18-5-7-19(8-6-18)26-15-20(23)21-14-17(13-16(2)3)22-9-11-24-12-10-22/h5-8,16-17H,4,9-15H2,1-3H3,(H,21,23). The van der Waals surface area contributed by atoms with Gasteiger partial charge in [0.1, 0.15) is 11.5 Å². The maximum Gasteiger partial charge on any atom is 0.257 e. The van der Waals surface area contributed by atoms with Crippen molar-refractivity contribution in [3.8, 4) is 11.5 Å². The summed E-state index contributed by atoms with van der Waals surface area (Å²) in [7, 11) is 0. The SMILES string of the molecule is CCOc1ccc(OCC(=O)NCC(CC(C)C)N2CCOCC2)cc1. The highest BCUT2D eigenvalue weighted by Gasteiger charge is 2.22. The largest absolute Gasteiger partial charge is 0.494 e. The Bertz CT molecular complexity index is 527. The van der Waals surface area contributed by atoms with Crippen LogP contribution in [0.5, 0.6) is 11.5 Å². The van der Waals surface area contributed by atoms with Gasteiger partial charge < -0.3 is 19.5 Å². The maximum atomic E-state index is 12.2. The lowest BCUT2D eigenvalue weighted by molar-refractivity contribution is -0.123. The molecule has 26 heavy (non-hydrogen) atoms. The number of carbonyl (C=O) groups is 1. The van der Waals surface area contributed by atoms with Crippen LogP contribution in [0.1, 0.15) is 27.2 Å². The zero-order valence-electron chi connectivity index (χ0n) is 16.2. The van der Waals surface area contributed by atoms with E-state index in [1.54, 1.807) is 0 Å². The second-order valence-corrected chi connectivity index (χ2v) is 6.93. The van der Waals surface area contributed by atoms with Crippen molar-refractivity contribution in [1.82, 2.24) is 10.2 Å². The Morgan fingerprint density at radius 3 is 2.35 bits per heavy atom. The van der Waals surface area contributed by atoms with Crippen molar-refractivity contribution in [2.75, 3.05) is 46.1 Å². The molecule has 2 rings (SSSR count). The summed E-state index contributed by atoms with van der Waals surface area (Å²) < 4.78 is 16.4. The van der Waals surface area contributed by atoms with Crippen molar-refractivity contribution in [3.05, 3.63) is 24.3 Å². The summed E-state index contributed by atoms with van der Waals surface area (Å²) in [5.41, 5.74) is 0. The third kappa shape index (κ3) is 7.22. The van der Waals surface area contributed by atoms with Crippen LogP contribution in [0.2, 0.25) is 0 Å². The van der Waals surface area contributed by atoms with E-state index in [0.717, 1.165) is 38.5 Å². The lowest BCUT2D eigenvalue weighted by Gasteiger charge is -2.35. The molecule has 1 heterocycles. The summed E-state index contributed by atoms with van der Waals surface area (Å²) in [6.45, 7) is 11.0. The summed E-state index contributed by atoms with van der Waals surface area (Å²) in [5.74, 6) is 1.95. The number of carbonyl (C=O) groups excluding carboxylic acids is 1. The molecule has 0 spiro atoms. The second-order valence-electron chi connectivity index (χ2n) is 6.93. The molecule has 0 aliphatic carbocycles. The Morgan fingerprint density at radius 2 is 1.77 bits per heavy atom. The predicted molar refractivity (Wildman–Crippen MR) is 102 cm³/mol. The van der Waals surface area contributed by atoms with Gasteiger partial charge in [-0.25, -0.2) is 0 Å². The summed E-state index contributed by atoms with van der Waals surface area (Å²) in [6, 6.07) is 7.65. The molecule has 1 N–H and O–H groups in total. The number of nitrogens with one attached hydrogen (secondary N) is 1. The fourth-order valence-electron chi connectivity index (χ4n) is 3.08. The molecular weight excluding hydrogens is 332 g/mol. The molecule has 1 aromatic rings. The number of morpholine rings is 1. The number of amides is 1. The lowest BCUT2D eigenvalue weighted by atomic mass is 10.0. The summed E-state index contributed by atoms with van der Waals surface area (Å²) in [5, 5.41) is 3.02. The van der Waals surface area contributed by atoms with Crippen molar-refractivity contribution in [2.45, 2.75) is 33.2 Å². The van der Waals surface area contributed by atoms with Gasteiger partial charge in [0.05, 0.1) is 19.8 Å². The van der Waals surface area contributed by atoms with Gasteiger partial charge >= 0.3 is 0 Å². The number of hydrogen-bond acceptors (Lipinski definition) is 5. The Labute approximate surface area is 156 Å². The summed E-state index contributed by atoms with van der Waals surface area (Å²) in [6.07, 6.45) is 1.06. The molecule has 1 atom stereocenters. The first-order chi connectivity index (χ1) is 12.6. The average molecular weight is 364 g/mol. The van der Waals surface area contributed by atoms with E-state index in [2.05, 4.69) is 24.1 Å². The fraction of sp³-hybridized carbons (Fsp3) is 0.650. The smallest absolute Gasteiger partial charge is 0.257 e. The minimum absolute atomic E-state index is 0.0193. The first-order valence-electron chi connectivity index (χ1n) is 9.52. The van der Waals surface area contributed by atoms with Gasteiger partial charge in [-0.05, 0) is 43.5 Å². The van der Waals surface area contributed by atoms with E-state index in [1.165, 1.54) is 0 Å². The molecule has 1 amide bonds. The molecule has 1 aromatic carbocycles. The monoisotopic (exact) mass is 364 g/mol. The molecule has 0 radical (unpaired) electrons. The van der Waals surface area contributed by atoms with Gasteiger partial charge in [-0.2, -0.15) is 0 Å². The van der Waals surface area contributed by atoms with E-state index < -0.39 is 0 Å².